The molecule has 1 atom stereocenters. The molecule has 1 aromatic carbocycles. The number of hydrogen-bond donors (Lipinski definition) is 2. The highest BCUT2D eigenvalue weighted by Gasteiger charge is 2.46. The van der Waals surface area contributed by atoms with E-state index >= 15 is 0 Å². The fraction of sp³-hybridized carbons (Fsp3) is 0.682. The molecule has 4 rings (SSSR count). The number of likely N-dealkylation sites (tertiary alicyclic amines) is 1. The maximum Gasteiger partial charge on any atom is 0.490 e. The van der Waals surface area contributed by atoms with Crippen LogP contribution >= 0.6 is 0 Å². The average Bonchev–Trinajstić information content (AvgIpc) is 3.51. The standard InChI is InChI=1S/C20H30N2O3S.C2HF3O2/c1-15-7-16(2)9-18(8-15)11-22-13-20(14-22)6-5-17(12-25-20)10-21-26(23,24)19-3-4-19;3-2(4,5)1(6)7/h7-9,17,19,21H,3-6,10-14H2,1-2H3;(H,6,7). The van der Waals surface area contributed by atoms with E-state index in [0.717, 1.165) is 45.3 Å². The van der Waals surface area contributed by atoms with Crippen LogP contribution < -0.4 is 4.72 Å². The van der Waals surface area contributed by atoms with Crippen molar-refractivity contribution in [3.8, 4) is 0 Å². The smallest absolute Gasteiger partial charge is 0.475 e. The van der Waals surface area contributed by atoms with E-state index in [4.69, 9.17) is 14.6 Å². The van der Waals surface area contributed by atoms with Gasteiger partial charge < -0.3 is 9.84 Å². The van der Waals surface area contributed by atoms with Crippen molar-refractivity contribution < 1.29 is 36.2 Å². The molecule has 186 valence electrons. The van der Waals surface area contributed by atoms with E-state index in [2.05, 4.69) is 41.7 Å². The van der Waals surface area contributed by atoms with Crippen LogP contribution in [0.4, 0.5) is 13.2 Å². The second kappa shape index (κ2) is 9.89. The van der Waals surface area contributed by atoms with Gasteiger partial charge in [-0.2, -0.15) is 13.2 Å². The number of benzene rings is 1. The minimum atomic E-state index is -5.08. The van der Waals surface area contributed by atoms with Crippen LogP contribution in [-0.4, -0.2) is 67.7 Å². The molecule has 2 heterocycles. The number of ether oxygens (including phenoxy) is 1. The van der Waals surface area contributed by atoms with Gasteiger partial charge in [0.1, 0.15) is 0 Å². The first kappa shape index (κ1) is 25.9. The molecule has 1 aromatic rings. The number of hydrogen-bond acceptors (Lipinski definition) is 5. The molecule has 2 aliphatic heterocycles. The molecule has 1 aliphatic carbocycles. The zero-order valence-electron chi connectivity index (χ0n) is 18.8. The van der Waals surface area contributed by atoms with Gasteiger partial charge in [-0.25, -0.2) is 17.9 Å². The van der Waals surface area contributed by atoms with E-state index < -0.39 is 22.2 Å². The Bertz CT molecular complexity index is 927. The topological polar surface area (TPSA) is 95.9 Å². The number of alkyl halides is 3. The highest BCUT2D eigenvalue weighted by Crippen LogP contribution is 2.37. The molecular formula is C22H31F3N2O5S. The van der Waals surface area contributed by atoms with Crippen LogP contribution in [0.1, 0.15) is 42.4 Å². The summed E-state index contributed by atoms with van der Waals surface area (Å²) in [6.07, 6.45) is -1.37. The predicted octanol–water partition coefficient (Wildman–Crippen LogP) is 3.00. The van der Waals surface area contributed by atoms with Crippen LogP contribution in [0.2, 0.25) is 0 Å². The van der Waals surface area contributed by atoms with Gasteiger partial charge in [0.05, 0.1) is 17.5 Å². The summed E-state index contributed by atoms with van der Waals surface area (Å²) in [5.41, 5.74) is 4.02. The molecule has 1 saturated carbocycles. The summed E-state index contributed by atoms with van der Waals surface area (Å²) in [6, 6.07) is 6.74. The Labute approximate surface area is 192 Å². The largest absolute Gasteiger partial charge is 0.490 e. The van der Waals surface area contributed by atoms with Crippen LogP contribution in [0.3, 0.4) is 0 Å². The van der Waals surface area contributed by atoms with E-state index in [-0.39, 0.29) is 10.9 Å². The number of rotatable bonds is 6. The molecule has 33 heavy (non-hydrogen) atoms. The van der Waals surface area contributed by atoms with E-state index in [1.165, 1.54) is 16.7 Å². The molecule has 0 aromatic heterocycles. The molecule has 0 radical (unpaired) electrons. The highest BCUT2D eigenvalue weighted by atomic mass is 32.2. The van der Waals surface area contributed by atoms with Crippen molar-refractivity contribution in [1.82, 2.24) is 9.62 Å². The Morgan fingerprint density at radius 1 is 1.18 bits per heavy atom. The summed E-state index contributed by atoms with van der Waals surface area (Å²) in [5.74, 6) is -2.45. The molecule has 1 spiro atoms. The van der Waals surface area contributed by atoms with Gasteiger partial charge in [-0.15, -0.1) is 0 Å². The molecule has 7 nitrogen and oxygen atoms in total. The van der Waals surface area contributed by atoms with Crippen LogP contribution in [0.5, 0.6) is 0 Å². The lowest BCUT2D eigenvalue weighted by Gasteiger charge is -2.53. The first-order chi connectivity index (χ1) is 15.3. The molecule has 0 bridgehead atoms. The summed E-state index contributed by atoms with van der Waals surface area (Å²) >= 11 is 0. The van der Waals surface area contributed by atoms with Crippen LogP contribution in [0, 0.1) is 19.8 Å². The maximum atomic E-state index is 11.9. The van der Waals surface area contributed by atoms with Gasteiger partial charge in [0.2, 0.25) is 10.0 Å². The van der Waals surface area contributed by atoms with Crippen LogP contribution in [0.15, 0.2) is 18.2 Å². The van der Waals surface area contributed by atoms with Gasteiger partial charge >= 0.3 is 12.1 Å². The molecular weight excluding hydrogens is 461 g/mol. The highest BCUT2D eigenvalue weighted by molar-refractivity contribution is 7.90. The average molecular weight is 493 g/mol. The third-order valence-electron chi connectivity index (χ3n) is 6.12. The third kappa shape index (κ3) is 7.40. The molecule has 11 heteroatoms. The summed E-state index contributed by atoms with van der Waals surface area (Å²) in [6.45, 7) is 8.46. The molecule has 2 saturated heterocycles. The first-order valence-electron chi connectivity index (χ1n) is 11.0. The quantitative estimate of drug-likeness (QED) is 0.634. The normalized spacial score (nSPS) is 22.9. The van der Waals surface area contributed by atoms with Crippen molar-refractivity contribution in [1.29, 1.82) is 0 Å². The number of carboxylic acid groups (broad SMARTS) is 1. The zero-order chi connectivity index (χ0) is 24.4. The van der Waals surface area contributed by atoms with Crippen molar-refractivity contribution in [3.63, 3.8) is 0 Å². The number of aryl methyl sites for hydroxylation is 2. The van der Waals surface area contributed by atoms with Gasteiger partial charge in [-0.1, -0.05) is 29.3 Å². The predicted molar refractivity (Wildman–Crippen MR) is 116 cm³/mol. The van der Waals surface area contributed by atoms with Crippen molar-refractivity contribution in [2.45, 2.75) is 63.1 Å². The SMILES string of the molecule is Cc1cc(C)cc(CN2CC3(CCC(CNS(=O)(=O)C4CC4)CO3)C2)c1.O=C(O)C(F)(F)F. The molecule has 3 aliphatic rings. The number of halogens is 3. The van der Waals surface area contributed by atoms with E-state index in [9.17, 15) is 21.6 Å². The fourth-order valence-electron chi connectivity index (χ4n) is 4.36. The number of carboxylic acids is 1. The maximum absolute atomic E-state index is 11.9. The van der Waals surface area contributed by atoms with E-state index in [0.29, 0.717) is 19.1 Å². The second-order valence-electron chi connectivity index (χ2n) is 9.44. The van der Waals surface area contributed by atoms with Gasteiger partial charge in [0.15, 0.2) is 0 Å². The van der Waals surface area contributed by atoms with Gasteiger partial charge in [-0.05, 0) is 51.0 Å². The Hall–Kier alpha value is -1.69. The summed E-state index contributed by atoms with van der Waals surface area (Å²) < 4.78 is 64.6. The fourth-order valence-corrected chi connectivity index (χ4v) is 5.82. The van der Waals surface area contributed by atoms with Crippen molar-refractivity contribution >= 4 is 16.0 Å². The molecule has 0 amide bonds. The van der Waals surface area contributed by atoms with E-state index in [1.54, 1.807) is 0 Å². The third-order valence-corrected chi connectivity index (χ3v) is 8.04. The Morgan fingerprint density at radius 3 is 2.21 bits per heavy atom. The van der Waals surface area contributed by atoms with Crippen LogP contribution in [-0.2, 0) is 26.1 Å². The lowest BCUT2D eigenvalue weighted by molar-refractivity contribution is -0.192. The Morgan fingerprint density at radius 2 is 1.76 bits per heavy atom. The number of nitrogens with one attached hydrogen (secondary N) is 1. The summed E-state index contributed by atoms with van der Waals surface area (Å²) in [4.78, 5) is 11.3. The number of sulfonamides is 1. The minimum absolute atomic E-state index is 0.00470. The lowest BCUT2D eigenvalue weighted by Crippen LogP contribution is -2.64. The van der Waals surface area contributed by atoms with Crippen molar-refractivity contribution in [2.24, 2.45) is 5.92 Å². The van der Waals surface area contributed by atoms with Gasteiger partial charge in [0.25, 0.3) is 0 Å². The minimum Gasteiger partial charge on any atom is -0.475 e. The second-order valence-corrected chi connectivity index (χ2v) is 11.5. The summed E-state index contributed by atoms with van der Waals surface area (Å²) in [7, 11) is -3.07. The number of nitrogens with zero attached hydrogens (tertiary/aromatic N) is 1. The number of carbonyl (C=O) groups is 1. The number of aliphatic carboxylic acids is 1. The molecule has 2 N–H and O–H groups in total. The van der Waals surface area contributed by atoms with Gasteiger partial charge in [-0.3, -0.25) is 4.90 Å². The molecule has 1 unspecified atom stereocenters. The Balaban J connectivity index is 0.000000383. The Kier molecular flexibility index (Phi) is 7.77. The van der Waals surface area contributed by atoms with Gasteiger partial charge in [0, 0.05) is 26.2 Å². The van der Waals surface area contributed by atoms with Crippen LogP contribution in [0.25, 0.3) is 0 Å². The van der Waals surface area contributed by atoms with Crippen molar-refractivity contribution in [3.05, 3.63) is 34.9 Å². The lowest BCUT2D eigenvalue weighted by atomic mass is 9.82. The zero-order valence-corrected chi connectivity index (χ0v) is 19.6. The van der Waals surface area contributed by atoms with E-state index in [1.807, 2.05) is 0 Å². The monoisotopic (exact) mass is 492 g/mol. The first-order valence-corrected chi connectivity index (χ1v) is 12.5. The summed E-state index contributed by atoms with van der Waals surface area (Å²) in [5, 5.41) is 6.99. The molecule has 3 fully saturated rings. The van der Waals surface area contributed by atoms with Crippen molar-refractivity contribution in [2.75, 3.05) is 26.2 Å².